The zero-order valence-electron chi connectivity index (χ0n) is 14.7. The van der Waals surface area contributed by atoms with Crippen LogP contribution in [0.25, 0.3) is 0 Å². The number of hydrogen-bond acceptors (Lipinski definition) is 2. The van der Waals surface area contributed by atoms with Gasteiger partial charge in [-0.05, 0) is 31.0 Å². The summed E-state index contributed by atoms with van der Waals surface area (Å²) in [6.45, 7) is 5.08. The average molecular weight is 327 g/mol. The maximum atomic E-state index is 12.9. The van der Waals surface area contributed by atoms with Crippen molar-refractivity contribution in [2.75, 3.05) is 19.0 Å². The minimum atomic E-state index is -0.261. The zero-order valence-corrected chi connectivity index (χ0v) is 14.7. The highest BCUT2D eigenvalue weighted by Gasteiger charge is 2.24. The summed E-state index contributed by atoms with van der Waals surface area (Å²) in [4.78, 5) is 12.9. The minimum absolute atomic E-state index is 0.0267. The molecule has 0 spiro atoms. The average Bonchev–Trinajstić information content (AvgIpc) is 2.59. The molecule has 0 aliphatic carbocycles. The molecule has 0 aromatic heterocycles. The standard InChI is InChI=1S/C20H26N2O2/c1-4-5-13-21-19(16-9-7-6-8-10-16)20(23)22-17-14-15(2)11-12-18(17)24-3/h6-12,14,19,21H,4-5,13H2,1-3H3,(H,22,23)/p+1/t19-/m1/s1. The van der Waals surface area contributed by atoms with Gasteiger partial charge in [0.05, 0.1) is 19.3 Å². The summed E-state index contributed by atoms with van der Waals surface area (Å²) < 4.78 is 5.36. The predicted molar refractivity (Wildman–Crippen MR) is 97.2 cm³/mol. The van der Waals surface area contributed by atoms with E-state index in [0.717, 1.165) is 30.5 Å². The van der Waals surface area contributed by atoms with Crippen LogP contribution < -0.4 is 15.4 Å². The second-order valence-corrected chi connectivity index (χ2v) is 5.96. The molecule has 0 aliphatic rings. The van der Waals surface area contributed by atoms with Crippen LogP contribution in [0.5, 0.6) is 5.75 Å². The molecule has 0 saturated heterocycles. The summed E-state index contributed by atoms with van der Waals surface area (Å²) in [5, 5.41) is 5.14. The molecule has 0 unspecified atom stereocenters. The van der Waals surface area contributed by atoms with Gasteiger partial charge in [-0.2, -0.15) is 0 Å². The van der Waals surface area contributed by atoms with Crippen molar-refractivity contribution in [3.05, 3.63) is 59.7 Å². The van der Waals surface area contributed by atoms with Crippen molar-refractivity contribution in [2.24, 2.45) is 0 Å². The Morgan fingerprint density at radius 3 is 2.62 bits per heavy atom. The first-order chi connectivity index (χ1) is 11.7. The Morgan fingerprint density at radius 2 is 1.96 bits per heavy atom. The largest absolute Gasteiger partial charge is 0.495 e. The minimum Gasteiger partial charge on any atom is -0.495 e. The van der Waals surface area contributed by atoms with Crippen molar-refractivity contribution in [3.63, 3.8) is 0 Å². The molecule has 24 heavy (non-hydrogen) atoms. The van der Waals surface area contributed by atoms with Crippen LogP contribution in [0, 0.1) is 6.92 Å². The first-order valence-corrected chi connectivity index (χ1v) is 8.49. The quantitative estimate of drug-likeness (QED) is 0.732. The number of hydrogen-bond donors (Lipinski definition) is 2. The Morgan fingerprint density at radius 1 is 1.21 bits per heavy atom. The lowest BCUT2D eigenvalue weighted by Crippen LogP contribution is -2.87. The lowest BCUT2D eigenvalue weighted by molar-refractivity contribution is -0.682. The SMILES string of the molecule is CCCC[NH2+][C@@H](C(=O)Nc1cc(C)ccc1OC)c1ccccc1. The van der Waals surface area contributed by atoms with Crippen molar-refractivity contribution in [1.82, 2.24) is 0 Å². The molecule has 4 nitrogen and oxygen atoms in total. The van der Waals surface area contributed by atoms with E-state index in [9.17, 15) is 4.79 Å². The van der Waals surface area contributed by atoms with Gasteiger partial charge in [-0.25, -0.2) is 0 Å². The first-order valence-electron chi connectivity index (χ1n) is 8.49. The second kappa shape index (κ2) is 9.08. The summed E-state index contributed by atoms with van der Waals surface area (Å²) in [7, 11) is 1.61. The third kappa shape index (κ3) is 4.83. The molecule has 1 atom stereocenters. The van der Waals surface area contributed by atoms with E-state index in [1.807, 2.05) is 55.5 Å². The number of ether oxygens (including phenoxy) is 1. The number of nitrogens with one attached hydrogen (secondary N) is 1. The van der Waals surface area contributed by atoms with E-state index in [1.54, 1.807) is 7.11 Å². The summed E-state index contributed by atoms with van der Waals surface area (Å²) in [5.74, 6) is 0.649. The van der Waals surface area contributed by atoms with Crippen molar-refractivity contribution in [2.45, 2.75) is 32.7 Å². The fourth-order valence-electron chi connectivity index (χ4n) is 2.67. The number of benzene rings is 2. The van der Waals surface area contributed by atoms with E-state index in [0.29, 0.717) is 11.4 Å². The molecule has 1 amide bonds. The maximum absolute atomic E-state index is 12.9. The monoisotopic (exact) mass is 327 g/mol. The molecule has 3 N–H and O–H groups in total. The van der Waals surface area contributed by atoms with Crippen molar-refractivity contribution >= 4 is 11.6 Å². The molecule has 4 heteroatoms. The molecule has 0 fully saturated rings. The second-order valence-electron chi connectivity index (χ2n) is 5.96. The zero-order chi connectivity index (χ0) is 17.4. The number of carbonyl (C=O) groups excluding carboxylic acids is 1. The van der Waals surface area contributed by atoms with Gasteiger partial charge < -0.3 is 15.4 Å². The highest BCUT2D eigenvalue weighted by atomic mass is 16.5. The normalized spacial score (nSPS) is 11.8. The molecule has 128 valence electrons. The fraction of sp³-hybridized carbons (Fsp3) is 0.350. The Hall–Kier alpha value is -2.33. The van der Waals surface area contributed by atoms with Crippen LogP contribution in [-0.4, -0.2) is 19.6 Å². The number of methoxy groups -OCH3 is 1. The smallest absolute Gasteiger partial charge is 0.287 e. The van der Waals surface area contributed by atoms with Gasteiger partial charge in [0, 0.05) is 5.56 Å². The predicted octanol–water partition coefficient (Wildman–Crippen LogP) is 3.05. The van der Waals surface area contributed by atoms with E-state index in [4.69, 9.17) is 4.74 Å². The summed E-state index contributed by atoms with van der Waals surface area (Å²) in [6, 6.07) is 15.4. The number of unbranched alkanes of at least 4 members (excludes halogenated alkanes) is 1. The van der Waals surface area contributed by atoms with Gasteiger partial charge in [-0.1, -0.05) is 49.7 Å². The van der Waals surface area contributed by atoms with E-state index in [1.165, 1.54) is 0 Å². The highest BCUT2D eigenvalue weighted by Crippen LogP contribution is 2.26. The van der Waals surface area contributed by atoms with Crippen LogP contribution in [0.1, 0.15) is 36.9 Å². The first kappa shape index (κ1) is 18.0. The lowest BCUT2D eigenvalue weighted by Gasteiger charge is -2.17. The molecular formula is C20H27N2O2+. The summed E-state index contributed by atoms with van der Waals surface area (Å²) in [6.07, 6.45) is 2.20. The van der Waals surface area contributed by atoms with Gasteiger partial charge in [-0.15, -0.1) is 0 Å². The van der Waals surface area contributed by atoms with Crippen molar-refractivity contribution < 1.29 is 14.8 Å². The molecule has 0 aliphatic heterocycles. The number of anilines is 1. The van der Waals surface area contributed by atoms with Crippen molar-refractivity contribution in [3.8, 4) is 5.75 Å². The Bertz CT molecular complexity index is 656. The van der Waals surface area contributed by atoms with Crippen LogP contribution in [0.3, 0.4) is 0 Å². The van der Waals surface area contributed by atoms with E-state index >= 15 is 0 Å². The molecule has 0 heterocycles. The Kier molecular flexibility index (Phi) is 6.82. The number of amides is 1. The number of rotatable bonds is 8. The molecular weight excluding hydrogens is 300 g/mol. The number of carbonyl (C=O) groups is 1. The van der Waals surface area contributed by atoms with Crippen LogP contribution in [-0.2, 0) is 4.79 Å². The molecule has 0 bridgehead atoms. The van der Waals surface area contributed by atoms with Crippen LogP contribution in [0.4, 0.5) is 5.69 Å². The van der Waals surface area contributed by atoms with Gasteiger partial charge in [0.25, 0.3) is 5.91 Å². The van der Waals surface area contributed by atoms with Gasteiger partial charge in [0.15, 0.2) is 6.04 Å². The fourth-order valence-corrected chi connectivity index (χ4v) is 2.67. The van der Waals surface area contributed by atoms with Crippen LogP contribution in [0.15, 0.2) is 48.5 Å². The number of nitrogens with two attached hydrogens (primary N) is 1. The molecule has 2 aromatic carbocycles. The lowest BCUT2D eigenvalue weighted by atomic mass is 10.1. The number of aryl methyl sites for hydroxylation is 1. The van der Waals surface area contributed by atoms with Crippen LogP contribution >= 0.6 is 0 Å². The van der Waals surface area contributed by atoms with Gasteiger partial charge in [0.1, 0.15) is 5.75 Å². The summed E-state index contributed by atoms with van der Waals surface area (Å²) >= 11 is 0. The topological polar surface area (TPSA) is 54.9 Å². The molecule has 0 radical (unpaired) electrons. The van der Waals surface area contributed by atoms with Crippen molar-refractivity contribution in [1.29, 1.82) is 0 Å². The maximum Gasteiger partial charge on any atom is 0.287 e. The molecule has 2 aromatic rings. The van der Waals surface area contributed by atoms with E-state index in [2.05, 4.69) is 17.6 Å². The Balaban J connectivity index is 2.20. The van der Waals surface area contributed by atoms with Crippen LogP contribution in [0.2, 0.25) is 0 Å². The van der Waals surface area contributed by atoms with Gasteiger partial charge in [-0.3, -0.25) is 4.79 Å². The van der Waals surface area contributed by atoms with Gasteiger partial charge >= 0.3 is 0 Å². The van der Waals surface area contributed by atoms with Gasteiger partial charge in [0.2, 0.25) is 0 Å². The van der Waals surface area contributed by atoms with E-state index < -0.39 is 0 Å². The van der Waals surface area contributed by atoms with E-state index in [-0.39, 0.29) is 11.9 Å². The Labute approximate surface area is 144 Å². The highest BCUT2D eigenvalue weighted by molar-refractivity contribution is 5.95. The summed E-state index contributed by atoms with van der Waals surface area (Å²) in [5.41, 5.74) is 2.81. The molecule has 2 rings (SSSR count). The third-order valence-electron chi connectivity index (χ3n) is 4.01. The number of quaternary nitrogens is 1. The third-order valence-corrected chi connectivity index (χ3v) is 4.01. The molecule has 0 saturated carbocycles.